The molecule has 1 aromatic heterocycles. The van der Waals surface area contributed by atoms with Gasteiger partial charge in [0.05, 0.1) is 0 Å². The van der Waals surface area contributed by atoms with Gasteiger partial charge in [-0.1, -0.05) is 12.1 Å². The van der Waals surface area contributed by atoms with Crippen LogP contribution in [0.15, 0.2) is 42.6 Å². The van der Waals surface area contributed by atoms with E-state index in [4.69, 9.17) is 0 Å². The van der Waals surface area contributed by atoms with Crippen LogP contribution >= 0.6 is 0 Å². The number of urea groups is 1. The molecule has 0 aliphatic carbocycles. The molecule has 0 aliphatic heterocycles. The summed E-state index contributed by atoms with van der Waals surface area (Å²) in [5, 5.41) is 23.8. The Kier molecular flexibility index (Phi) is 4.39. The van der Waals surface area contributed by atoms with Gasteiger partial charge in [0.15, 0.2) is 11.5 Å². The molecule has 1 heterocycles. The number of nitrogens with zero attached hydrogens (tertiary/aromatic N) is 1. The number of phenolic OH excluding ortho intramolecular Hbond substituents is 2. The number of phenols is 2. The van der Waals surface area contributed by atoms with E-state index in [-0.39, 0.29) is 17.5 Å². The monoisotopic (exact) mass is 273 g/mol. The Hall–Kier alpha value is -2.76. The molecule has 6 nitrogen and oxygen atoms in total. The minimum Gasteiger partial charge on any atom is -0.504 e. The molecule has 6 heteroatoms. The number of aromatic hydroxyl groups is 2. The molecule has 4 N–H and O–H groups in total. The largest absolute Gasteiger partial charge is 0.504 e. The maximum absolute atomic E-state index is 11.6. The van der Waals surface area contributed by atoms with Crippen molar-refractivity contribution >= 4 is 11.8 Å². The molecular formula is C14H15N3O3. The third-order valence-corrected chi connectivity index (χ3v) is 2.65. The number of hydrogen-bond donors (Lipinski definition) is 4. The van der Waals surface area contributed by atoms with Crippen LogP contribution < -0.4 is 10.6 Å². The Labute approximate surface area is 116 Å². The van der Waals surface area contributed by atoms with Crippen molar-refractivity contribution in [1.29, 1.82) is 0 Å². The van der Waals surface area contributed by atoms with E-state index in [9.17, 15) is 15.0 Å². The SMILES string of the molecule is O=C(NCCc1ccc(O)c(O)c1)Nc1ccccn1. The van der Waals surface area contributed by atoms with Gasteiger partial charge in [0.1, 0.15) is 5.82 Å². The predicted octanol–water partition coefficient (Wildman–Crippen LogP) is 1.86. The molecule has 0 saturated heterocycles. The lowest BCUT2D eigenvalue weighted by atomic mass is 10.1. The van der Waals surface area contributed by atoms with E-state index >= 15 is 0 Å². The summed E-state index contributed by atoms with van der Waals surface area (Å²) in [6, 6.07) is 9.46. The molecule has 2 amide bonds. The number of benzene rings is 1. The van der Waals surface area contributed by atoms with Crippen LogP contribution in [0.5, 0.6) is 11.5 Å². The number of pyridine rings is 1. The first-order chi connectivity index (χ1) is 9.65. The number of carbonyl (C=O) groups excluding carboxylic acids is 1. The van der Waals surface area contributed by atoms with Gasteiger partial charge in [-0.05, 0) is 36.2 Å². The Morgan fingerprint density at radius 1 is 1.15 bits per heavy atom. The second-order valence-corrected chi connectivity index (χ2v) is 4.17. The number of nitrogens with one attached hydrogen (secondary N) is 2. The van der Waals surface area contributed by atoms with Gasteiger partial charge in [-0.15, -0.1) is 0 Å². The van der Waals surface area contributed by atoms with Crippen LogP contribution in [0.3, 0.4) is 0 Å². The number of rotatable bonds is 4. The highest BCUT2D eigenvalue weighted by atomic mass is 16.3. The van der Waals surface area contributed by atoms with E-state index in [1.54, 1.807) is 30.5 Å². The predicted molar refractivity (Wildman–Crippen MR) is 74.7 cm³/mol. The fraction of sp³-hybridized carbons (Fsp3) is 0.143. The summed E-state index contributed by atoms with van der Waals surface area (Å²) in [5.41, 5.74) is 0.818. The highest BCUT2D eigenvalue weighted by Crippen LogP contribution is 2.24. The van der Waals surface area contributed by atoms with Crippen molar-refractivity contribution in [2.45, 2.75) is 6.42 Å². The zero-order chi connectivity index (χ0) is 14.4. The molecule has 0 saturated carbocycles. The highest BCUT2D eigenvalue weighted by Gasteiger charge is 2.03. The average Bonchev–Trinajstić information content (AvgIpc) is 2.44. The second-order valence-electron chi connectivity index (χ2n) is 4.17. The molecule has 0 fully saturated rings. The minimum absolute atomic E-state index is 0.158. The molecule has 20 heavy (non-hydrogen) atoms. The van der Waals surface area contributed by atoms with Crippen molar-refractivity contribution in [2.24, 2.45) is 0 Å². The fourth-order valence-corrected chi connectivity index (χ4v) is 1.64. The van der Waals surface area contributed by atoms with Gasteiger partial charge < -0.3 is 15.5 Å². The Morgan fingerprint density at radius 3 is 2.70 bits per heavy atom. The van der Waals surface area contributed by atoms with Crippen LogP contribution in [0.1, 0.15) is 5.56 Å². The lowest BCUT2D eigenvalue weighted by molar-refractivity contribution is 0.252. The van der Waals surface area contributed by atoms with Crippen LogP contribution in [0, 0.1) is 0 Å². The van der Waals surface area contributed by atoms with Crippen molar-refractivity contribution in [3.05, 3.63) is 48.2 Å². The van der Waals surface area contributed by atoms with Gasteiger partial charge in [-0.3, -0.25) is 5.32 Å². The number of anilines is 1. The fourth-order valence-electron chi connectivity index (χ4n) is 1.64. The van der Waals surface area contributed by atoms with E-state index in [0.29, 0.717) is 18.8 Å². The summed E-state index contributed by atoms with van der Waals surface area (Å²) in [7, 11) is 0. The first-order valence-corrected chi connectivity index (χ1v) is 6.12. The lowest BCUT2D eigenvalue weighted by Gasteiger charge is -2.07. The lowest BCUT2D eigenvalue weighted by Crippen LogP contribution is -2.30. The van der Waals surface area contributed by atoms with Gasteiger partial charge in [-0.2, -0.15) is 0 Å². The molecule has 0 radical (unpaired) electrons. The standard InChI is InChI=1S/C14H15N3O3/c18-11-5-4-10(9-12(11)19)6-8-16-14(20)17-13-3-1-2-7-15-13/h1-5,7,9,18-19H,6,8H2,(H2,15,16,17,20). The quantitative estimate of drug-likeness (QED) is 0.639. The van der Waals surface area contributed by atoms with E-state index in [0.717, 1.165) is 5.56 Å². The van der Waals surface area contributed by atoms with Crippen molar-refractivity contribution in [3.63, 3.8) is 0 Å². The summed E-state index contributed by atoms with van der Waals surface area (Å²) in [6.45, 7) is 0.406. The summed E-state index contributed by atoms with van der Waals surface area (Å²) < 4.78 is 0. The zero-order valence-corrected chi connectivity index (χ0v) is 10.7. The zero-order valence-electron chi connectivity index (χ0n) is 10.7. The topological polar surface area (TPSA) is 94.5 Å². The second kappa shape index (κ2) is 6.42. The Morgan fingerprint density at radius 2 is 2.00 bits per heavy atom. The van der Waals surface area contributed by atoms with Crippen molar-refractivity contribution in [2.75, 3.05) is 11.9 Å². The van der Waals surface area contributed by atoms with E-state index in [1.807, 2.05) is 0 Å². The molecule has 0 aliphatic rings. The van der Waals surface area contributed by atoms with Crippen molar-refractivity contribution in [1.82, 2.24) is 10.3 Å². The number of hydrogen-bond acceptors (Lipinski definition) is 4. The molecule has 104 valence electrons. The summed E-state index contributed by atoms with van der Waals surface area (Å²) in [5.74, 6) is 0.155. The first kappa shape index (κ1) is 13.7. The van der Waals surface area contributed by atoms with Gasteiger partial charge in [0.2, 0.25) is 0 Å². The molecule has 0 unspecified atom stereocenters. The Bertz CT molecular complexity index is 587. The third kappa shape index (κ3) is 3.88. The minimum atomic E-state index is -0.341. The van der Waals surface area contributed by atoms with Gasteiger partial charge in [0, 0.05) is 12.7 Å². The number of aromatic nitrogens is 1. The van der Waals surface area contributed by atoms with Crippen LogP contribution in [0.4, 0.5) is 10.6 Å². The summed E-state index contributed by atoms with van der Waals surface area (Å²) in [6.07, 6.45) is 2.14. The van der Waals surface area contributed by atoms with E-state index < -0.39 is 0 Å². The smallest absolute Gasteiger partial charge is 0.320 e. The molecular weight excluding hydrogens is 258 g/mol. The van der Waals surface area contributed by atoms with Crippen molar-refractivity contribution in [3.8, 4) is 11.5 Å². The summed E-state index contributed by atoms with van der Waals surface area (Å²) in [4.78, 5) is 15.5. The van der Waals surface area contributed by atoms with Crippen molar-refractivity contribution < 1.29 is 15.0 Å². The first-order valence-electron chi connectivity index (χ1n) is 6.12. The molecule has 2 aromatic rings. The average molecular weight is 273 g/mol. The van der Waals surface area contributed by atoms with Gasteiger partial charge in [-0.25, -0.2) is 9.78 Å². The van der Waals surface area contributed by atoms with E-state index in [2.05, 4.69) is 15.6 Å². The van der Waals surface area contributed by atoms with E-state index in [1.165, 1.54) is 12.1 Å². The molecule has 2 rings (SSSR count). The van der Waals surface area contributed by atoms with Crippen LogP contribution in [-0.2, 0) is 6.42 Å². The number of carbonyl (C=O) groups is 1. The third-order valence-electron chi connectivity index (χ3n) is 2.65. The molecule has 0 atom stereocenters. The highest BCUT2D eigenvalue weighted by molar-refractivity contribution is 5.88. The number of amides is 2. The van der Waals surface area contributed by atoms with Crippen LogP contribution in [-0.4, -0.2) is 27.8 Å². The Balaban J connectivity index is 1.78. The van der Waals surface area contributed by atoms with Gasteiger partial charge >= 0.3 is 6.03 Å². The van der Waals surface area contributed by atoms with Gasteiger partial charge in [0.25, 0.3) is 0 Å². The molecule has 1 aromatic carbocycles. The normalized spacial score (nSPS) is 10.0. The maximum Gasteiger partial charge on any atom is 0.320 e. The van der Waals surface area contributed by atoms with Crippen LogP contribution in [0.2, 0.25) is 0 Å². The summed E-state index contributed by atoms with van der Waals surface area (Å²) >= 11 is 0. The maximum atomic E-state index is 11.6. The molecule has 0 bridgehead atoms. The van der Waals surface area contributed by atoms with Crippen LogP contribution in [0.25, 0.3) is 0 Å². The molecule has 0 spiro atoms.